The minimum absolute atomic E-state index is 0.0411. The molecule has 0 N–H and O–H groups in total. The zero-order valence-corrected chi connectivity index (χ0v) is 17.9. The summed E-state index contributed by atoms with van der Waals surface area (Å²) < 4.78 is 19.2. The molecule has 2 aromatic carbocycles. The number of halogens is 1. The molecule has 0 unspecified atom stereocenters. The number of aromatic nitrogens is 1. The third-order valence-electron chi connectivity index (χ3n) is 5.22. The molecule has 160 valence electrons. The Bertz CT molecular complexity index is 1080. The third-order valence-corrected chi connectivity index (χ3v) is 5.22. The van der Waals surface area contributed by atoms with Crippen molar-refractivity contribution in [1.29, 1.82) is 0 Å². The van der Waals surface area contributed by atoms with Gasteiger partial charge in [-0.05, 0) is 42.3 Å². The highest BCUT2D eigenvalue weighted by atomic mass is 19.1. The Kier molecular flexibility index (Phi) is 7.13. The van der Waals surface area contributed by atoms with Gasteiger partial charge in [0.25, 0.3) is 0 Å². The summed E-state index contributed by atoms with van der Waals surface area (Å²) in [6, 6.07) is 16.2. The van der Waals surface area contributed by atoms with E-state index >= 15 is 0 Å². The highest BCUT2D eigenvalue weighted by Crippen LogP contribution is 2.32. The van der Waals surface area contributed by atoms with Crippen LogP contribution in [0.1, 0.15) is 35.7 Å². The van der Waals surface area contributed by atoms with Crippen LogP contribution in [-0.2, 0) is 11.2 Å². The van der Waals surface area contributed by atoms with Crippen LogP contribution in [0.3, 0.4) is 0 Å². The molecule has 0 atom stereocenters. The van der Waals surface area contributed by atoms with Gasteiger partial charge < -0.3 is 9.64 Å². The van der Waals surface area contributed by atoms with Crippen molar-refractivity contribution in [2.75, 3.05) is 19.1 Å². The van der Waals surface area contributed by atoms with E-state index in [9.17, 15) is 14.0 Å². The number of amides is 1. The smallest absolute Gasteiger partial charge is 0.226 e. The number of aryl methyl sites for hydroxylation is 1. The van der Waals surface area contributed by atoms with Gasteiger partial charge >= 0.3 is 0 Å². The molecule has 3 aromatic rings. The predicted octanol–water partition coefficient (Wildman–Crippen LogP) is 5.08. The fraction of sp³-hybridized carbons (Fsp3) is 0.240. The zero-order valence-electron chi connectivity index (χ0n) is 17.9. The molecule has 6 heteroatoms. The van der Waals surface area contributed by atoms with Gasteiger partial charge in [-0.1, -0.05) is 31.2 Å². The van der Waals surface area contributed by atoms with Crippen LogP contribution in [0.5, 0.6) is 5.75 Å². The third kappa shape index (κ3) is 5.15. The number of methoxy groups -OCH3 is 1. The number of ether oxygens (including phenoxy) is 1. The second kappa shape index (κ2) is 9.98. The number of pyridine rings is 1. The second-order valence-electron chi connectivity index (χ2n) is 7.14. The first-order valence-electron chi connectivity index (χ1n) is 10.1. The molecule has 0 saturated heterocycles. The number of hydrogen-bond acceptors (Lipinski definition) is 4. The number of nitrogens with zero attached hydrogens (tertiary/aromatic N) is 2. The van der Waals surface area contributed by atoms with Crippen LogP contribution in [0.15, 0.2) is 60.8 Å². The number of hydrogen-bond donors (Lipinski definition) is 0. The Morgan fingerprint density at radius 2 is 1.84 bits per heavy atom. The lowest BCUT2D eigenvalue weighted by atomic mass is 9.98. The first-order valence-corrected chi connectivity index (χ1v) is 10.1. The number of benzene rings is 2. The van der Waals surface area contributed by atoms with E-state index in [1.807, 2.05) is 37.3 Å². The standard InChI is InChI=1S/C25H25FN2O3/c1-4-24(30)28(2)20-11-7-17(8-12-20)21-13-9-19(16-23(21)31-3)22(29)14-10-18-6-5-15-27-25(18)26/h5-9,11-13,15-16H,4,10,14H2,1-3H3. The van der Waals surface area contributed by atoms with Crippen molar-refractivity contribution in [2.45, 2.75) is 26.2 Å². The summed E-state index contributed by atoms with van der Waals surface area (Å²) in [5.41, 5.74) is 3.49. The Morgan fingerprint density at radius 1 is 1.10 bits per heavy atom. The molecule has 1 heterocycles. The second-order valence-corrected chi connectivity index (χ2v) is 7.14. The minimum Gasteiger partial charge on any atom is -0.496 e. The maximum Gasteiger partial charge on any atom is 0.226 e. The Morgan fingerprint density at radius 3 is 2.48 bits per heavy atom. The molecule has 0 aliphatic heterocycles. The van der Waals surface area contributed by atoms with Crippen molar-refractivity contribution in [2.24, 2.45) is 0 Å². The quantitative estimate of drug-likeness (QED) is 0.376. The summed E-state index contributed by atoms with van der Waals surface area (Å²) in [5, 5.41) is 0. The van der Waals surface area contributed by atoms with Crippen molar-refractivity contribution in [3.8, 4) is 16.9 Å². The van der Waals surface area contributed by atoms with Gasteiger partial charge in [0.1, 0.15) is 5.75 Å². The summed E-state index contributed by atoms with van der Waals surface area (Å²) in [6.45, 7) is 1.83. The van der Waals surface area contributed by atoms with Crippen molar-refractivity contribution in [1.82, 2.24) is 4.98 Å². The van der Waals surface area contributed by atoms with Crippen LogP contribution >= 0.6 is 0 Å². The molecule has 0 aliphatic carbocycles. The van der Waals surface area contributed by atoms with Gasteiger partial charge in [-0.25, -0.2) is 4.98 Å². The molecule has 0 fully saturated rings. The summed E-state index contributed by atoms with van der Waals surface area (Å²) in [4.78, 5) is 29.7. The molecular formula is C25H25FN2O3. The molecule has 0 saturated carbocycles. The van der Waals surface area contributed by atoms with Gasteiger partial charge in [0.15, 0.2) is 5.78 Å². The number of rotatable bonds is 8. The Balaban J connectivity index is 1.77. The van der Waals surface area contributed by atoms with Gasteiger partial charge in [0.05, 0.1) is 7.11 Å². The average Bonchev–Trinajstić information content (AvgIpc) is 2.82. The average molecular weight is 420 g/mol. The van der Waals surface area contributed by atoms with Crippen LogP contribution in [0.2, 0.25) is 0 Å². The molecule has 1 aromatic heterocycles. The number of anilines is 1. The fourth-order valence-electron chi connectivity index (χ4n) is 3.35. The van der Waals surface area contributed by atoms with Crippen molar-refractivity contribution in [3.05, 3.63) is 77.9 Å². The molecule has 0 bridgehead atoms. The van der Waals surface area contributed by atoms with E-state index in [1.54, 1.807) is 43.3 Å². The van der Waals surface area contributed by atoms with Gasteiger partial charge in [0, 0.05) is 48.5 Å². The minimum atomic E-state index is -0.544. The number of carbonyl (C=O) groups is 2. The van der Waals surface area contributed by atoms with Crippen molar-refractivity contribution >= 4 is 17.4 Å². The highest BCUT2D eigenvalue weighted by molar-refractivity contribution is 5.97. The molecule has 0 aliphatic rings. The molecule has 0 spiro atoms. The summed E-state index contributed by atoms with van der Waals surface area (Å²) >= 11 is 0. The topological polar surface area (TPSA) is 59.5 Å². The summed E-state index contributed by atoms with van der Waals surface area (Å²) in [6.07, 6.45) is 2.29. The van der Waals surface area contributed by atoms with Crippen LogP contribution in [-0.4, -0.2) is 30.8 Å². The van der Waals surface area contributed by atoms with Crippen LogP contribution in [0.4, 0.5) is 10.1 Å². The van der Waals surface area contributed by atoms with Crippen LogP contribution in [0.25, 0.3) is 11.1 Å². The van der Waals surface area contributed by atoms with Crippen molar-refractivity contribution in [3.63, 3.8) is 0 Å². The summed E-state index contributed by atoms with van der Waals surface area (Å²) in [7, 11) is 3.30. The number of ketones is 1. The number of Topliss-reactive ketones (excluding diaryl/α,β-unsaturated/α-hetero) is 1. The predicted molar refractivity (Wildman–Crippen MR) is 119 cm³/mol. The lowest BCUT2D eigenvalue weighted by Crippen LogP contribution is -2.24. The van der Waals surface area contributed by atoms with Gasteiger partial charge in [-0.15, -0.1) is 0 Å². The van der Waals surface area contributed by atoms with Gasteiger partial charge in [-0.2, -0.15) is 4.39 Å². The normalized spacial score (nSPS) is 10.6. The van der Waals surface area contributed by atoms with E-state index in [4.69, 9.17) is 4.74 Å². The lowest BCUT2D eigenvalue weighted by Gasteiger charge is -2.17. The van der Waals surface area contributed by atoms with Crippen LogP contribution in [0, 0.1) is 5.95 Å². The molecular weight excluding hydrogens is 395 g/mol. The molecule has 5 nitrogen and oxygen atoms in total. The maximum atomic E-state index is 13.7. The first kappa shape index (κ1) is 22.2. The van der Waals surface area contributed by atoms with E-state index in [1.165, 1.54) is 6.20 Å². The lowest BCUT2D eigenvalue weighted by molar-refractivity contribution is -0.118. The van der Waals surface area contributed by atoms with Gasteiger partial charge in [0.2, 0.25) is 11.9 Å². The van der Waals surface area contributed by atoms with Crippen LogP contribution < -0.4 is 9.64 Å². The van der Waals surface area contributed by atoms with E-state index in [-0.39, 0.29) is 24.5 Å². The van der Waals surface area contributed by atoms with Crippen molar-refractivity contribution < 1.29 is 18.7 Å². The summed E-state index contributed by atoms with van der Waals surface area (Å²) in [5.74, 6) is -0.0235. The fourth-order valence-corrected chi connectivity index (χ4v) is 3.35. The molecule has 1 amide bonds. The maximum absolute atomic E-state index is 13.7. The highest BCUT2D eigenvalue weighted by Gasteiger charge is 2.14. The largest absolute Gasteiger partial charge is 0.496 e. The first-order chi connectivity index (χ1) is 14.9. The molecule has 31 heavy (non-hydrogen) atoms. The number of carbonyl (C=O) groups excluding carboxylic acids is 2. The Labute approximate surface area is 181 Å². The van der Waals surface area contributed by atoms with E-state index in [0.29, 0.717) is 23.3 Å². The molecule has 3 rings (SSSR count). The molecule has 0 radical (unpaired) electrons. The SMILES string of the molecule is CCC(=O)N(C)c1ccc(-c2ccc(C(=O)CCc3cccnc3F)cc2OC)cc1. The Hall–Kier alpha value is -3.54. The van der Waals surface area contributed by atoms with Gasteiger partial charge in [-0.3, -0.25) is 9.59 Å². The van der Waals surface area contributed by atoms with E-state index < -0.39 is 5.95 Å². The van der Waals surface area contributed by atoms with E-state index in [0.717, 1.165) is 16.8 Å². The monoisotopic (exact) mass is 420 g/mol. The van der Waals surface area contributed by atoms with E-state index in [2.05, 4.69) is 4.98 Å². The zero-order chi connectivity index (χ0) is 22.4.